The van der Waals surface area contributed by atoms with Crippen molar-refractivity contribution in [1.82, 2.24) is 4.90 Å². The van der Waals surface area contributed by atoms with E-state index in [1.165, 1.54) is 12.1 Å². The van der Waals surface area contributed by atoms with Gasteiger partial charge < -0.3 is 15.0 Å². The number of nitrogens with zero attached hydrogens (tertiary/aromatic N) is 1. The lowest BCUT2D eigenvalue weighted by Gasteiger charge is -2.34. The molecule has 0 aliphatic carbocycles. The molecule has 1 aromatic carbocycles. The van der Waals surface area contributed by atoms with Crippen molar-refractivity contribution in [3.8, 4) is 0 Å². The van der Waals surface area contributed by atoms with Crippen LogP contribution in [0.15, 0.2) is 41.8 Å². The molecule has 0 saturated carbocycles. The van der Waals surface area contributed by atoms with Crippen molar-refractivity contribution in [2.24, 2.45) is 0 Å². The van der Waals surface area contributed by atoms with Crippen molar-refractivity contribution < 1.29 is 22.7 Å². The van der Waals surface area contributed by atoms with Gasteiger partial charge in [0.05, 0.1) is 12.1 Å². The lowest BCUT2D eigenvalue weighted by Crippen LogP contribution is -2.44. The van der Waals surface area contributed by atoms with E-state index in [-0.39, 0.29) is 12.1 Å². The van der Waals surface area contributed by atoms with E-state index in [9.17, 15) is 18.0 Å². The van der Waals surface area contributed by atoms with Gasteiger partial charge >= 0.3 is 12.2 Å². The van der Waals surface area contributed by atoms with E-state index in [0.29, 0.717) is 25.4 Å². The third kappa shape index (κ3) is 4.76. The van der Waals surface area contributed by atoms with Gasteiger partial charge in [-0.2, -0.15) is 13.2 Å². The van der Waals surface area contributed by atoms with Gasteiger partial charge in [-0.1, -0.05) is 6.07 Å². The van der Waals surface area contributed by atoms with E-state index >= 15 is 0 Å². The highest BCUT2D eigenvalue weighted by atomic mass is 32.1. The Morgan fingerprint density at radius 3 is 2.46 bits per heavy atom. The van der Waals surface area contributed by atoms with Crippen LogP contribution in [-0.4, -0.2) is 30.2 Å². The van der Waals surface area contributed by atoms with Gasteiger partial charge in [0.1, 0.15) is 0 Å². The molecule has 140 valence electrons. The number of urea groups is 1. The number of halogens is 3. The zero-order valence-corrected chi connectivity index (χ0v) is 14.8. The van der Waals surface area contributed by atoms with Gasteiger partial charge in [-0.3, -0.25) is 0 Å². The van der Waals surface area contributed by atoms with Crippen molar-refractivity contribution in [3.63, 3.8) is 0 Å². The maximum Gasteiger partial charge on any atom is 0.416 e. The topological polar surface area (TPSA) is 41.6 Å². The molecule has 1 N–H and O–H groups in total. The predicted octanol–water partition coefficient (Wildman–Crippen LogP) is 4.98. The number of benzene rings is 1. The first kappa shape index (κ1) is 18.7. The van der Waals surface area contributed by atoms with E-state index in [4.69, 9.17) is 4.74 Å². The number of ether oxygens (including phenoxy) is 1. The number of carbonyl (C=O) groups is 1. The molecule has 1 fully saturated rings. The number of carbonyl (C=O) groups excluding carboxylic acids is 1. The summed E-state index contributed by atoms with van der Waals surface area (Å²) in [5.41, 5.74) is -0.401. The van der Waals surface area contributed by atoms with Crippen LogP contribution in [-0.2, 0) is 17.5 Å². The Kier molecular flexibility index (Phi) is 5.83. The number of nitrogens with one attached hydrogen (secondary N) is 1. The van der Waals surface area contributed by atoms with E-state index in [0.717, 1.165) is 29.9 Å². The fraction of sp³-hybridized carbons (Fsp3) is 0.389. The Labute approximate surface area is 153 Å². The standard InChI is InChI=1S/C18H19F3N2O2S/c19-18(20,21)13-3-5-14(6-4-13)22-17(24)23(12-16-2-1-11-26-16)15-7-9-25-10-8-15/h1-6,11,15H,7-10,12H2,(H,22,24). The van der Waals surface area contributed by atoms with Crippen molar-refractivity contribution >= 4 is 23.1 Å². The molecule has 2 aromatic rings. The first-order valence-corrected chi connectivity index (χ1v) is 9.16. The third-order valence-corrected chi connectivity index (χ3v) is 5.12. The summed E-state index contributed by atoms with van der Waals surface area (Å²) in [5.74, 6) is 0. The summed E-state index contributed by atoms with van der Waals surface area (Å²) >= 11 is 1.57. The second kappa shape index (κ2) is 8.09. The van der Waals surface area contributed by atoms with Gasteiger partial charge in [0, 0.05) is 29.8 Å². The Morgan fingerprint density at radius 1 is 1.19 bits per heavy atom. The molecule has 1 aliphatic heterocycles. The highest BCUT2D eigenvalue weighted by Crippen LogP contribution is 2.30. The fourth-order valence-corrected chi connectivity index (χ4v) is 3.57. The first-order valence-electron chi connectivity index (χ1n) is 8.28. The maximum absolute atomic E-state index is 12.8. The molecule has 3 rings (SSSR count). The Bertz CT molecular complexity index is 711. The summed E-state index contributed by atoms with van der Waals surface area (Å²) in [6.45, 7) is 1.66. The Balaban J connectivity index is 1.72. The van der Waals surface area contributed by atoms with Crippen molar-refractivity contribution in [1.29, 1.82) is 0 Å². The zero-order valence-electron chi connectivity index (χ0n) is 14.0. The van der Waals surface area contributed by atoms with E-state index in [2.05, 4.69) is 5.32 Å². The normalized spacial score (nSPS) is 15.7. The molecule has 0 unspecified atom stereocenters. The molecule has 0 spiro atoms. The lowest BCUT2D eigenvalue weighted by atomic mass is 10.1. The Hall–Kier alpha value is -2.06. The smallest absolute Gasteiger partial charge is 0.381 e. The SMILES string of the molecule is O=C(Nc1ccc(C(F)(F)F)cc1)N(Cc1cccs1)C1CCOCC1. The van der Waals surface area contributed by atoms with Gasteiger partial charge in [0.25, 0.3) is 0 Å². The highest BCUT2D eigenvalue weighted by molar-refractivity contribution is 7.09. The number of anilines is 1. The van der Waals surface area contributed by atoms with Crippen LogP contribution in [0.4, 0.5) is 23.7 Å². The molecule has 2 amide bonds. The summed E-state index contributed by atoms with van der Waals surface area (Å²) in [7, 11) is 0. The van der Waals surface area contributed by atoms with Crippen LogP contribution in [0.25, 0.3) is 0 Å². The molecular formula is C18H19F3N2O2S. The molecule has 0 atom stereocenters. The van der Waals surface area contributed by atoms with Gasteiger partial charge in [-0.15, -0.1) is 11.3 Å². The van der Waals surface area contributed by atoms with Crippen LogP contribution in [0.2, 0.25) is 0 Å². The maximum atomic E-state index is 12.8. The summed E-state index contributed by atoms with van der Waals surface area (Å²) < 4.78 is 43.3. The first-order chi connectivity index (χ1) is 12.4. The van der Waals surface area contributed by atoms with Gasteiger partial charge in [-0.05, 0) is 48.6 Å². The quantitative estimate of drug-likeness (QED) is 0.808. The van der Waals surface area contributed by atoms with Crippen LogP contribution in [0.3, 0.4) is 0 Å². The number of rotatable bonds is 4. The monoisotopic (exact) mass is 384 g/mol. The van der Waals surface area contributed by atoms with Crippen LogP contribution in [0.1, 0.15) is 23.3 Å². The molecule has 0 radical (unpaired) electrons. The van der Waals surface area contributed by atoms with Crippen LogP contribution < -0.4 is 5.32 Å². The molecule has 1 saturated heterocycles. The number of amides is 2. The summed E-state index contributed by atoms with van der Waals surface area (Å²) in [5, 5.41) is 4.66. The molecular weight excluding hydrogens is 365 g/mol. The number of hydrogen-bond donors (Lipinski definition) is 1. The van der Waals surface area contributed by atoms with E-state index < -0.39 is 11.7 Å². The van der Waals surface area contributed by atoms with Crippen molar-refractivity contribution in [3.05, 3.63) is 52.2 Å². The fourth-order valence-electron chi connectivity index (χ4n) is 2.87. The second-order valence-electron chi connectivity index (χ2n) is 6.06. The molecule has 8 heteroatoms. The summed E-state index contributed by atoms with van der Waals surface area (Å²) in [4.78, 5) is 15.6. The number of alkyl halides is 3. The molecule has 1 aromatic heterocycles. The number of hydrogen-bond acceptors (Lipinski definition) is 3. The van der Waals surface area contributed by atoms with Crippen LogP contribution in [0, 0.1) is 0 Å². The average Bonchev–Trinajstić information content (AvgIpc) is 3.13. The average molecular weight is 384 g/mol. The third-order valence-electron chi connectivity index (χ3n) is 4.26. The van der Waals surface area contributed by atoms with Crippen molar-refractivity contribution in [2.45, 2.75) is 31.6 Å². The molecule has 26 heavy (non-hydrogen) atoms. The summed E-state index contributed by atoms with van der Waals surface area (Å²) in [6, 6.07) is 8.09. The minimum atomic E-state index is -4.39. The zero-order chi connectivity index (χ0) is 18.6. The van der Waals surface area contributed by atoms with Crippen molar-refractivity contribution in [2.75, 3.05) is 18.5 Å². The van der Waals surface area contributed by atoms with Gasteiger partial charge in [0.15, 0.2) is 0 Å². The van der Waals surface area contributed by atoms with Gasteiger partial charge in [0.2, 0.25) is 0 Å². The molecule has 4 nitrogen and oxygen atoms in total. The minimum absolute atomic E-state index is 0.0419. The minimum Gasteiger partial charge on any atom is -0.381 e. The largest absolute Gasteiger partial charge is 0.416 e. The highest BCUT2D eigenvalue weighted by Gasteiger charge is 2.30. The molecule has 0 bridgehead atoms. The molecule has 1 aliphatic rings. The van der Waals surface area contributed by atoms with E-state index in [1.54, 1.807) is 16.2 Å². The number of thiophene rings is 1. The van der Waals surface area contributed by atoms with Crippen LogP contribution in [0.5, 0.6) is 0 Å². The van der Waals surface area contributed by atoms with Gasteiger partial charge in [-0.25, -0.2) is 4.79 Å². The molecule has 2 heterocycles. The summed E-state index contributed by atoms with van der Waals surface area (Å²) in [6.07, 6.45) is -2.91. The van der Waals surface area contributed by atoms with E-state index in [1.807, 2.05) is 17.5 Å². The second-order valence-corrected chi connectivity index (χ2v) is 7.09. The predicted molar refractivity (Wildman–Crippen MR) is 94.2 cm³/mol. The van der Waals surface area contributed by atoms with Crippen LogP contribution >= 0.6 is 11.3 Å². The Morgan fingerprint density at radius 2 is 1.88 bits per heavy atom. The lowest BCUT2D eigenvalue weighted by molar-refractivity contribution is -0.137.